The fraction of sp³-hybridized carbons (Fsp3) is 0.167. The van der Waals surface area contributed by atoms with E-state index in [-0.39, 0.29) is 12.8 Å². The van der Waals surface area contributed by atoms with Gasteiger partial charge in [-0.1, -0.05) is 12.1 Å². The molecule has 1 atom stereocenters. The van der Waals surface area contributed by atoms with E-state index in [2.05, 4.69) is 16.0 Å². The fourth-order valence-electron chi connectivity index (χ4n) is 2.63. The van der Waals surface area contributed by atoms with Crippen molar-refractivity contribution in [1.29, 1.82) is 0 Å². The van der Waals surface area contributed by atoms with Gasteiger partial charge < -0.3 is 16.0 Å². The van der Waals surface area contributed by atoms with Crippen LogP contribution in [0.5, 0.6) is 0 Å². The molecule has 6 nitrogen and oxygen atoms in total. The van der Waals surface area contributed by atoms with Gasteiger partial charge in [0.25, 0.3) is 5.91 Å². The van der Waals surface area contributed by atoms with Gasteiger partial charge in [0.1, 0.15) is 6.04 Å². The number of carbonyl (C=O) groups excluding carboxylic acids is 3. The largest absolute Gasteiger partial charge is 0.340 e. The Morgan fingerprint density at radius 2 is 1.78 bits per heavy atom. The summed E-state index contributed by atoms with van der Waals surface area (Å²) in [6, 6.07) is 7.03. The van der Waals surface area contributed by atoms with Gasteiger partial charge in [-0.05, 0) is 30.7 Å². The molecule has 2 aromatic rings. The van der Waals surface area contributed by atoms with Crippen molar-refractivity contribution in [2.45, 2.75) is 18.9 Å². The maximum absolute atomic E-state index is 13.6. The van der Waals surface area contributed by atoms with E-state index in [0.717, 1.165) is 6.07 Å². The third-order valence-electron chi connectivity index (χ3n) is 4.02. The summed E-state index contributed by atoms with van der Waals surface area (Å²) in [6.45, 7) is 0. The summed E-state index contributed by atoms with van der Waals surface area (Å²) in [5, 5.41) is 7.22. The molecule has 2 aromatic carbocycles. The van der Waals surface area contributed by atoms with Gasteiger partial charge in [-0.15, -0.1) is 0 Å². The van der Waals surface area contributed by atoms with Crippen LogP contribution in [0.25, 0.3) is 0 Å². The Balaban J connectivity index is 1.63. The first-order valence-corrected chi connectivity index (χ1v) is 8.01. The van der Waals surface area contributed by atoms with Crippen LogP contribution < -0.4 is 16.0 Å². The maximum atomic E-state index is 13.6. The Morgan fingerprint density at radius 3 is 2.56 bits per heavy atom. The van der Waals surface area contributed by atoms with Crippen molar-refractivity contribution < 1.29 is 27.6 Å². The quantitative estimate of drug-likeness (QED) is 0.716. The predicted molar refractivity (Wildman–Crippen MR) is 90.5 cm³/mol. The number of para-hydroxylation sites is 1. The SMILES string of the molecule is O=C(CCC1NC(=O)c2ccccc2NC1=O)Nc1ccc(F)c(F)c1F. The molecule has 0 radical (unpaired) electrons. The van der Waals surface area contributed by atoms with Crippen LogP contribution in [-0.4, -0.2) is 23.8 Å². The van der Waals surface area contributed by atoms with E-state index in [1.807, 2.05) is 0 Å². The molecule has 140 valence electrons. The lowest BCUT2D eigenvalue weighted by Crippen LogP contribution is -2.41. The molecule has 1 aliphatic heterocycles. The second kappa shape index (κ2) is 7.48. The van der Waals surface area contributed by atoms with E-state index >= 15 is 0 Å². The van der Waals surface area contributed by atoms with Crippen LogP contribution in [0.15, 0.2) is 36.4 Å². The maximum Gasteiger partial charge on any atom is 0.254 e. The summed E-state index contributed by atoms with van der Waals surface area (Å²) in [7, 11) is 0. The van der Waals surface area contributed by atoms with Gasteiger partial charge in [0.2, 0.25) is 11.8 Å². The van der Waals surface area contributed by atoms with Gasteiger partial charge in [-0.3, -0.25) is 14.4 Å². The molecule has 1 heterocycles. The van der Waals surface area contributed by atoms with Crippen molar-refractivity contribution in [2.75, 3.05) is 10.6 Å². The molecule has 1 aliphatic rings. The van der Waals surface area contributed by atoms with Gasteiger partial charge in [-0.2, -0.15) is 0 Å². The van der Waals surface area contributed by atoms with Crippen molar-refractivity contribution in [3.8, 4) is 0 Å². The number of fused-ring (bicyclic) bond motifs is 1. The first kappa shape index (κ1) is 18.4. The third-order valence-corrected chi connectivity index (χ3v) is 4.02. The summed E-state index contributed by atoms with van der Waals surface area (Å²) in [6.07, 6.45) is -0.324. The molecule has 0 saturated carbocycles. The minimum atomic E-state index is -1.69. The highest BCUT2D eigenvalue weighted by Crippen LogP contribution is 2.21. The predicted octanol–water partition coefficient (Wildman–Crippen LogP) is 2.57. The lowest BCUT2D eigenvalue weighted by Gasteiger charge is -2.14. The van der Waals surface area contributed by atoms with Gasteiger partial charge >= 0.3 is 0 Å². The minimum Gasteiger partial charge on any atom is -0.340 e. The first-order valence-electron chi connectivity index (χ1n) is 8.01. The molecule has 0 bridgehead atoms. The molecule has 0 aromatic heterocycles. The number of halogens is 3. The number of carbonyl (C=O) groups is 3. The minimum absolute atomic E-state index is 0.0668. The van der Waals surface area contributed by atoms with Crippen molar-refractivity contribution in [3.05, 3.63) is 59.4 Å². The Labute approximate surface area is 151 Å². The molecule has 0 saturated heterocycles. The number of amides is 3. The number of hydrogen-bond acceptors (Lipinski definition) is 3. The standard InChI is InChI=1S/C18H14F3N3O3/c19-10-5-6-12(16(21)15(10)20)22-14(25)8-7-13-18(27)23-11-4-2-1-3-9(11)17(26)24-13/h1-6,13H,7-8H2,(H,22,25)(H,23,27)(H,24,26). The van der Waals surface area contributed by atoms with Crippen molar-refractivity contribution in [2.24, 2.45) is 0 Å². The van der Waals surface area contributed by atoms with Crippen LogP contribution in [0, 0.1) is 17.5 Å². The molecule has 3 rings (SSSR count). The van der Waals surface area contributed by atoms with Crippen LogP contribution >= 0.6 is 0 Å². The lowest BCUT2D eigenvalue weighted by atomic mass is 10.1. The topological polar surface area (TPSA) is 87.3 Å². The van der Waals surface area contributed by atoms with Crippen molar-refractivity contribution >= 4 is 29.1 Å². The Morgan fingerprint density at radius 1 is 1.04 bits per heavy atom. The van der Waals surface area contributed by atoms with Gasteiger partial charge in [0, 0.05) is 6.42 Å². The zero-order valence-corrected chi connectivity index (χ0v) is 13.8. The van der Waals surface area contributed by atoms with E-state index in [1.165, 1.54) is 0 Å². The van der Waals surface area contributed by atoms with E-state index in [9.17, 15) is 27.6 Å². The van der Waals surface area contributed by atoms with Crippen molar-refractivity contribution in [1.82, 2.24) is 5.32 Å². The van der Waals surface area contributed by atoms with Gasteiger partial charge in [-0.25, -0.2) is 13.2 Å². The van der Waals surface area contributed by atoms with Gasteiger partial charge in [0.05, 0.1) is 16.9 Å². The number of benzene rings is 2. The fourth-order valence-corrected chi connectivity index (χ4v) is 2.63. The molecule has 0 fully saturated rings. The van der Waals surface area contributed by atoms with Crippen molar-refractivity contribution in [3.63, 3.8) is 0 Å². The molecule has 1 unspecified atom stereocenters. The van der Waals surface area contributed by atoms with Crippen LogP contribution in [-0.2, 0) is 9.59 Å². The normalized spacial score (nSPS) is 16.0. The number of rotatable bonds is 4. The molecule has 3 amide bonds. The number of nitrogens with one attached hydrogen (secondary N) is 3. The summed E-state index contributed by atoms with van der Waals surface area (Å²) in [5.41, 5.74) is 0.137. The van der Waals surface area contributed by atoms with E-state index in [0.29, 0.717) is 17.3 Å². The number of hydrogen-bond donors (Lipinski definition) is 3. The summed E-state index contributed by atoms with van der Waals surface area (Å²) >= 11 is 0. The monoisotopic (exact) mass is 377 g/mol. The van der Waals surface area contributed by atoms with Crippen LogP contribution in [0.4, 0.5) is 24.5 Å². The molecule has 0 aliphatic carbocycles. The average molecular weight is 377 g/mol. The van der Waals surface area contributed by atoms with Crippen LogP contribution in [0.3, 0.4) is 0 Å². The second-order valence-corrected chi connectivity index (χ2v) is 5.87. The Bertz CT molecular complexity index is 933. The smallest absolute Gasteiger partial charge is 0.254 e. The first-order chi connectivity index (χ1) is 12.9. The highest BCUT2D eigenvalue weighted by molar-refractivity contribution is 6.09. The highest BCUT2D eigenvalue weighted by atomic mass is 19.2. The molecule has 0 spiro atoms. The number of anilines is 2. The highest BCUT2D eigenvalue weighted by Gasteiger charge is 2.28. The zero-order valence-electron chi connectivity index (χ0n) is 13.8. The van der Waals surface area contributed by atoms with Gasteiger partial charge in [0.15, 0.2) is 17.5 Å². The van der Waals surface area contributed by atoms with E-state index < -0.39 is 46.9 Å². The average Bonchev–Trinajstić information content (AvgIpc) is 2.77. The summed E-state index contributed by atoms with van der Waals surface area (Å²) < 4.78 is 39.7. The lowest BCUT2D eigenvalue weighted by molar-refractivity contribution is -0.118. The van der Waals surface area contributed by atoms with Crippen LogP contribution in [0.2, 0.25) is 0 Å². The molecule has 9 heteroatoms. The summed E-state index contributed by atoms with van der Waals surface area (Å²) in [4.78, 5) is 36.4. The molecular formula is C18H14F3N3O3. The third kappa shape index (κ3) is 3.91. The Hall–Kier alpha value is -3.36. The molecule has 3 N–H and O–H groups in total. The van der Waals surface area contributed by atoms with Crippen LogP contribution in [0.1, 0.15) is 23.2 Å². The van der Waals surface area contributed by atoms with E-state index in [1.54, 1.807) is 24.3 Å². The summed E-state index contributed by atoms with van der Waals surface area (Å²) in [5.74, 6) is -6.27. The van der Waals surface area contributed by atoms with E-state index in [4.69, 9.17) is 0 Å². The second-order valence-electron chi connectivity index (χ2n) is 5.87. The molecule has 27 heavy (non-hydrogen) atoms. The Kier molecular flexibility index (Phi) is 5.11. The molecular weight excluding hydrogens is 363 g/mol. The zero-order chi connectivity index (χ0) is 19.6.